The summed E-state index contributed by atoms with van der Waals surface area (Å²) in [6, 6.07) is -0.598. The van der Waals surface area contributed by atoms with Gasteiger partial charge in [0.05, 0.1) is 12.1 Å². The van der Waals surface area contributed by atoms with E-state index in [1.807, 2.05) is 0 Å². The molecule has 0 aromatic rings. The summed E-state index contributed by atoms with van der Waals surface area (Å²) in [5.41, 5.74) is 4.63. The van der Waals surface area contributed by atoms with Crippen LogP contribution in [0.2, 0.25) is 0 Å². The molecule has 1 fully saturated rings. The maximum Gasteiger partial charge on any atom is 0.237 e. The van der Waals surface area contributed by atoms with E-state index in [0.29, 0.717) is 19.4 Å². The van der Waals surface area contributed by atoms with Gasteiger partial charge < -0.3 is 20.9 Å². The standard InChI is InChI=1S/C11H20N2O3/c1-3-4-9(12)10(14)13-7-11(15)5-6-16-8(11)2/h3,8-9,15H,1,4-7,12H2,2H3,(H,13,14). The second-order valence-corrected chi connectivity index (χ2v) is 4.22. The number of amides is 1. The van der Waals surface area contributed by atoms with Crippen LogP contribution in [0.15, 0.2) is 12.7 Å². The Morgan fingerprint density at radius 2 is 2.56 bits per heavy atom. The van der Waals surface area contributed by atoms with E-state index in [0.717, 1.165) is 0 Å². The molecule has 1 aliphatic rings. The molecule has 1 aliphatic heterocycles. The van der Waals surface area contributed by atoms with E-state index in [2.05, 4.69) is 11.9 Å². The third kappa shape index (κ3) is 3.04. The maximum atomic E-state index is 11.5. The molecule has 16 heavy (non-hydrogen) atoms. The molecule has 0 bridgehead atoms. The first-order valence-corrected chi connectivity index (χ1v) is 5.48. The van der Waals surface area contributed by atoms with Gasteiger partial charge >= 0.3 is 0 Å². The highest BCUT2D eigenvalue weighted by molar-refractivity contribution is 5.81. The van der Waals surface area contributed by atoms with Crippen LogP contribution in [0.1, 0.15) is 19.8 Å². The molecule has 0 spiro atoms. The quantitative estimate of drug-likeness (QED) is 0.556. The van der Waals surface area contributed by atoms with E-state index >= 15 is 0 Å². The molecule has 92 valence electrons. The highest BCUT2D eigenvalue weighted by atomic mass is 16.5. The van der Waals surface area contributed by atoms with E-state index in [1.54, 1.807) is 13.0 Å². The number of hydrogen-bond acceptors (Lipinski definition) is 4. The number of carbonyl (C=O) groups excluding carboxylic acids is 1. The predicted molar refractivity (Wildman–Crippen MR) is 60.8 cm³/mol. The molecule has 4 N–H and O–H groups in total. The Morgan fingerprint density at radius 3 is 3.06 bits per heavy atom. The third-order valence-electron chi connectivity index (χ3n) is 2.99. The summed E-state index contributed by atoms with van der Waals surface area (Å²) in [6.45, 7) is 6.01. The van der Waals surface area contributed by atoms with E-state index in [9.17, 15) is 9.90 Å². The van der Waals surface area contributed by atoms with Gasteiger partial charge in [-0.15, -0.1) is 6.58 Å². The number of nitrogens with one attached hydrogen (secondary N) is 1. The molecule has 1 amide bonds. The molecular weight excluding hydrogens is 208 g/mol. The van der Waals surface area contributed by atoms with Gasteiger partial charge in [-0.1, -0.05) is 6.08 Å². The molecular formula is C11H20N2O3. The topological polar surface area (TPSA) is 84.6 Å². The van der Waals surface area contributed by atoms with Crippen LogP contribution in [0, 0.1) is 0 Å². The van der Waals surface area contributed by atoms with Crippen LogP contribution in [0.4, 0.5) is 0 Å². The van der Waals surface area contributed by atoms with Gasteiger partial charge in [-0.2, -0.15) is 0 Å². The molecule has 0 aliphatic carbocycles. The summed E-state index contributed by atoms with van der Waals surface area (Å²) in [5, 5.41) is 12.8. The van der Waals surface area contributed by atoms with Crippen molar-refractivity contribution in [3.8, 4) is 0 Å². The van der Waals surface area contributed by atoms with Crippen molar-refractivity contribution in [1.82, 2.24) is 5.32 Å². The Labute approximate surface area is 95.7 Å². The third-order valence-corrected chi connectivity index (χ3v) is 2.99. The van der Waals surface area contributed by atoms with Gasteiger partial charge in [-0.05, 0) is 13.3 Å². The first-order chi connectivity index (χ1) is 7.49. The molecule has 3 atom stereocenters. The van der Waals surface area contributed by atoms with Crippen LogP contribution in [0.5, 0.6) is 0 Å². The van der Waals surface area contributed by atoms with Crippen LogP contribution in [-0.2, 0) is 9.53 Å². The Kier molecular flexibility index (Phi) is 4.46. The minimum Gasteiger partial charge on any atom is -0.385 e. The van der Waals surface area contributed by atoms with Gasteiger partial charge in [-0.25, -0.2) is 0 Å². The summed E-state index contributed by atoms with van der Waals surface area (Å²) in [7, 11) is 0. The van der Waals surface area contributed by atoms with Gasteiger partial charge in [0.2, 0.25) is 5.91 Å². The predicted octanol–water partition coefficient (Wildman–Crippen LogP) is -0.454. The second kappa shape index (κ2) is 5.43. The zero-order valence-electron chi connectivity index (χ0n) is 9.61. The minimum absolute atomic E-state index is 0.178. The molecule has 3 unspecified atom stereocenters. The van der Waals surface area contributed by atoms with Gasteiger partial charge in [0.15, 0.2) is 0 Å². The Morgan fingerprint density at radius 1 is 1.88 bits per heavy atom. The van der Waals surface area contributed by atoms with Crippen LogP contribution in [0.25, 0.3) is 0 Å². The van der Waals surface area contributed by atoms with Gasteiger partial charge in [0.1, 0.15) is 5.60 Å². The summed E-state index contributed by atoms with van der Waals surface area (Å²) >= 11 is 0. The van der Waals surface area contributed by atoms with Crippen molar-refractivity contribution in [2.24, 2.45) is 5.73 Å². The number of aliphatic hydroxyl groups is 1. The Balaban J connectivity index is 2.39. The molecule has 0 aromatic carbocycles. The first-order valence-electron chi connectivity index (χ1n) is 5.48. The fourth-order valence-electron chi connectivity index (χ4n) is 1.66. The average Bonchev–Trinajstić information content (AvgIpc) is 2.57. The summed E-state index contributed by atoms with van der Waals surface area (Å²) < 4.78 is 5.26. The van der Waals surface area contributed by atoms with Gasteiger partial charge in [0, 0.05) is 19.6 Å². The van der Waals surface area contributed by atoms with Crippen molar-refractivity contribution < 1.29 is 14.6 Å². The number of nitrogens with two attached hydrogens (primary N) is 1. The summed E-state index contributed by atoms with van der Waals surface area (Å²) in [5.74, 6) is -0.271. The first kappa shape index (κ1) is 13.2. The zero-order valence-corrected chi connectivity index (χ0v) is 9.61. The number of hydrogen-bond donors (Lipinski definition) is 3. The van der Waals surface area contributed by atoms with Crippen LogP contribution < -0.4 is 11.1 Å². The van der Waals surface area contributed by atoms with Gasteiger partial charge in [0.25, 0.3) is 0 Å². The highest BCUT2D eigenvalue weighted by Gasteiger charge is 2.39. The summed E-state index contributed by atoms with van der Waals surface area (Å²) in [4.78, 5) is 11.5. The Bertz CT molecular complexity index is 270. The number of carbonyl (C=O) groups is 1. The van der Waals surface area contributed by atoms with Gasteiger partial charge in [-0.3, -0.25) is 4.79 Å². The normalized spacial score (nSPS) is 31.1. The van der Waals surface area contributed by atoms with E-state index in [1.165, 1.54) is 0 Å². The van der Waals surface area contributed by atoms with Crippen molar-refractivity contribution in [3.63, 3.8) is 0 Å². The molecule has 0 aromatic heterocycles. The largest absolute Gasteiger partial charge is 0.385 e. The van der Waals surface area contributed by atoms with Crippen molar-refractivity contribution in [2.45, 2.75) is 37.5 Å². The molecule has 0 saturated carbocycles. The molecule has 1 saturated heterocycles. The van der Waals surface area contributed by atoms with Crippen LogP contribution in [0.3, 0.4) is 0 Å². The van der Waals surface area contributed by atoms with E-state index in [-0.39, 0.29) is 18.6 Å². The average molecular weight is 228 g/mol. The zero-order chi connectivity index (χ0) is 12.2. The molecule has 5 nitrogen and oxygen atoms in total. The number of rotatable bonds is 5. The van der Waals surface area contributed by atoms with Crippen LogP contribution >= 0.6 is 0 Å². The van der Waals surface area contributed by atoms with Crippen molar-refractivity contribution in [2.75, 3.05) is 13.2 Å². The fraction of sp³-hybridized carbons (Fsp3) is 0.727. The van der Waals surface area contributed by atoms with Crippen molar-refractivity contribution >= 4 is 5.91 Å². The van der Waals surface area contributed by atoms with Crippen molar-refractivity contribution in [3.05, 3.63) is 12.7 Å². The maximum absolute atomic E-state index is 11.5. The fourth-order valence-corrected chi connectivity index (χ4v) is 1.66. The minimum atomic E-state index is -0.969. The number of ether oxygens (including phenoxy) is 1. The SMILES string of the molecule is C=CCC(N)C(=O)NCC1(O)CCOC1C. The lowest BCUT2D eigenvalue weighted by atomic mass is 9.96. The lowest BCUT2D eigenvalue weighted by Crippen LogP contribution is -2.51. The summed E-state index contributed by atoms with van der Waals surface area (Å²) in [6.07, 6.45) is 2.30. The lowest BCUT2D eigenvalue weighted by Gasteiger charge is -2.26. The monoisotopic (exact) mass is 228 g/mol. The molecule has 0 radical (unpaired) electrons. The smallest absolute Gasteiger partial charge is 0.237 e. The highest BCUT2D eigenvalue weighted by Crippen LogP contribution is 2.24. The second-order valence-electron chi connectivity index (χ2n) is 4.22. The van der Waals surface area contributed by atoms with Crippen molar-refractivity contribution in [1.29, 1.82) is 0 Å². The Hall–Kier alpha value is -0.910. The molecule has 1 rings (SSSR count). The molecule has 1 heterocycles. The lowest BCUT2D eigenvalue weighted by molar-refractivity contribution is -0.124. The van der Waals surface area contributed by atoms with E-state index < -0.39 is 11.6 Å². The van der Waals surface area contributed by atoms with E-state index in [4.69, 9.17) is 10.5 Å². The molecule has 5 heteroatoms. The van der Waals surface area contributed by atoms with Crippen LogP contribution in [-0.4, -0.2) is 41.9 Å².